The molecule has 0 aliphatic carbocycles. The van der Waals surface area contributed by atoms with Crippen molar-refractivity contribution in [2.75, 3.05) is 13.1 Å². The fourth-order valence-electron chi connectivity index (χ4n) is 4.57. The van der Waals surface area contributed by atoms with Gasteiger partial charge in [-0.25, -0.2) is 0 Å². The zero-order valence-corrected chi connectivity index (χ0v) is 21.0. The van der Waals surface area contributed by atoms with Crippen molar-refractivity contribution in [3.8, 4) is 5.88 Å². The van der Waals surface area contributed by atoms with Crippen molar-refractivity contribution in [3.05, 3.63) is 89.2 Å². The molecule has 37 heavy (non-hydrogen) atoms. The van der Waals surface area contributed by atoms with Gasteiger partial charge in [0.25, 0.3) is 5.91 Å². The molecule has 9 heteroatoms. The van der Waals surface area contributed by atoms with Gasteiger partial charge in [-0.3, -0.25) is 9.59 Å². The van der Waals surface area contributed by atoms with E-state index in [1.807, 2.05) is 73.3 Å². The number of benzene rings is 2. The average molecular weight is 499 g/mol. The first-order chi connectivity index (χ1) is 18.0. The monoisotopic (exact) mass is 498 g/mol. The van der Waals surface area contributed by atoms with Crippen molar-refractivity contribution in [1.82, 2.24) is 30.0 Å². The van der Waals surface area contributed by atoms with E-state index in [0.717, 1.165) is 16.7 Å². The molecule has 1 unspecified atom stereocenters. The molecule has 190 valence electrons. The summed E-state index contributed by atoms with van der Waals surface area (Å²) in [6.07, 6.45) is 0.632. The van der Waals surface area contributed by atoms with Crippen LogP contribution < -0.4 is 10.1 Å². The second kappa shape index (κ2) is 10.8. The molecular formula is C28H30N6O3. The molecule has 0 fully saturated rings. The van der Waals surface area contributed by atoms with Gasteiger partial charge >= 0.3 is 0 Å². The Morgan fingerprint density at radius 3 is 2.59 bits per heavy atom. The van der Waals surface area contributed by atoms with Crippen molar-refractivity contribution >= 4 is 17.5 Å². The third-order valence-corrected chi connectivity index (χ3v) is 6.39. The minimum atomic E-state index is -0.0942. The maximum absolute atomic E-state index is 12.9. The Kier molecular flexibility index (Phi) is 7.11. The van der Waals surface area contributed by atoms with E-state index in [1.165, 1.54) is 0 Å². The quantitative estimate of drug-likeness (QED) is 0.360. The Morgan fingerprint density at radius 1 is 1.03 bits per heavy atom. The fraction of sp³-hybridized carbons (Fsp3) is 0.321. The van der Waals surface area contributed by atoms with Crippen LogP contribution in [-0.2, 0) is 17.8 Å². The lowest BCUT2D eigenvalue weighted by molar-refractivity contribution is -0.121. The lowest BCUT2D eigenvalue weighted by atomic mass is 9.98. The van der Waals surface area contributed by atoms with Crippen LogP contribution in [0.3, 0.4) is 0 Å². The smallest absolute Gasteiger partial charge is 0.254 e. The van der Waals surface area contributed by atoms with E-state index < -0.39 is 0 Å². The Labute approximate surface area is 215 Å². The van der Waals surface area contributed by atoms with Crippen LogP contribution in [0.25, 0.3) is 5.65 Å². The maximum atomic E-state index is 12.9. The van der Waals surface area contributed by atoms with Crippen LogP contribution in [0, 0.1) is 0 Å². The summed E-state index contributed by atoms with van der Waals surface area (Å²) in [4.78, 5) is 27.6. The molecule has 2 aromatic carbocycles. The summed E-state index contributed by atoms with van der Waals surface area (Å²) in [6, 6.07) is 21.3. The molecule has 4 aromatic rings. The van der Waals surface area contributed by atoms with E-state index in [4.69, 9.17) is 4.74 Å². The Hall–Kier alpha value is -4.27. The van der Waals surface area contributed by atoms with E-state index in [-0.39, 0.29) is 30.3 Å². The van der Waals surface area contributed by atoms with Gasteiger partial charge < -0.3 is 15.0 Å². The van der Waals surface area contributed by atoms with Crippen LogP contribution in [0.4, 0.5) is 0 Å². The van der Waals surface area contributed by atoms with Gasteiger partial charge in [-0.15, -0.1) is 15.3 Å². The minimum absolute atomic E-state index is 0.00163. The summed E-state index contributed by atoms with van der Waals surface area (Å²) in [5, 5.41) is 15.8. The van der Waals surface area contributed by atoms with E-state index in [2.05, 4.69) is 20.6 Å². The second-order valence-corrected chi connectivity index (χ2v) is 9.48. The summed E-state index contributed by atoms with van der Waals surface area (Å²) in [5.41, 5.74) is 3.48. The molecule has 9 nitrogen and oxygen atoms in total. The lowest BCUT2D eigenvalue weighted by Gasteiger charge is -2.24. The number of nitrogens with zero attached hydrogens (tertiary/aromatic N) is 5. The highest BCUT2D eigenvalue weighted by Gasteiger charge is 2.29. The van der Waals surface area contributed by atoms with Crippen LogP contribution in [0.5, 0.6) is 5.88 Å². The number of carbonyl (C=O) groups excluding carboxylic acids is 2. The first-order valence-corrected chi connectivity index (χ1v) is 12.5. The van der Waals surface area contributed by atoms with Crippen molar-refractivity contribution in [2.45, 2.75) is 45.3 Å². The van der Waals surface area contributed by atoms with Gasteiger partial charge in [-0.2, -0.15) is 4.52 Å². The lowest BCUT2D eigenvalue weighted by Crippen LogP contribution is -2.36. The molecule has 0 spiro atoms. The Balaban J connectivity index is 1.22. The number of aryl methyl sites for hydroxylation is 1. The highest BCUT2D eigenvalue weighted by atomic mass is 16.5. The number of carbonyl (C=O) groups is 2. The van der Waals surface area contributed by atoms with E-state index in [9.17, 15) is 9.59 Å². The first kappa shape index (κ1) is 24.4. The topological polar surface area (TPSA) is 102 Å². The molecule has 0 radical (unpaired) electrons. The molecule has 0 saturated carbocycles. The van der Waals surface area contributed by atoms with Gasteiger partial charge in [0.05, 0.1) is 6.10 Å². The molecular weight excluding hydrogens is 468 g/mol. The summed E-state index contributed by atoms with van der Waals surface area (Å²) in [6.45, 7) is 5.40. The molecule has 2 aromatic heterocycles. The zero-order valence-electron chi connectivity index (χ0n) is 21.0. The van der Waals surface area contributed by atoms with Crippen LogP contribution in [0.15, 0.2) is 66.7 Å². The molecule has 1 N–H and O–H groups in total. The number of nitrogens with one attached hydrogen (secondary N) is 1. The van der Waals surface area contributed by atoms with Crippen molar-refractivity contribution < 1.29 is 14.3 Å². The summed E-state index contributed by atoms with van der Waals surface area (Å²) in [7, 11) is 0. The van der Waals surface area contributed by atoms with Crippen molar-refractivity contribution in [3.63, 3.8) is 0 Å². The summed E-state index contributed by atoms with van der Waals surface area (Å²) in [5.74, 6) is 0.990. The van der Waals surface area contributed by atoms with Gasteiger partial charge in [0, 0.05) is 50.0 Å². The second-order valence-electron chi connectivity index (χ2n) is 9.48. The predicted octanol–water partition coefficient (Wildman–Crippen LogP) is 3.40. The van der Waals surface area contributed by atoms with Crippen LogP contribution >= 0.6 is 0 Å². The SMILES string of the molecule is CC(C)Oc1ccc2nnc(CCC(=O)NCC(CN3Cc4ccccc4C3=O)c3ccccc3)n2n1. The number of aromatic nitrogens is 4. The van der Waals surface area contributed by atoms with Gasteiger partial charge in [0.2, 0.25) is 11.8 Å². The molecule has 5 rings (SSSR count). The normalized spacial score (nSPS) is 13.7. The predicted molar refractivity (Wildman–Crippen MR) is 138 cm³/mol. The van der Waals surface area contributed by atoms with Gasteiger partial charge in [0.1, 0.15) is 0 Å². The third kappa shape index (κ3) is 5.61. The van der Waals surface area contributed by atoms with Crippen LogP contribution in [-0.4, -0.2) is 55.7 Å². The number of hydrogen-bond acceptors (Lipinski definition) is 6. The zero-order chi connectivity index (χ0) is 25.8. The van der Waals surface area contributed by atoms with Gasteiger partial charge in [-0.1, -0.05) is 48.5 Å². The highest BCUT2D eigenvalue weighted by Crippen LogP contribution is 2.26. The molecule has 1 aliphatic rings. The number of amides is 2. The molecule has 0 saturated heterocycles. The van der Waals surface area contributed by atoms with Crippen LogP contribution in [0.2, 0.25) is 0 Å². The van der Waals surface area contributed by atoms with Crippen LogP contribution in [0.1, 0.15) is 53.5 Å². The molecule has 1 aliphatic heterocycles. The largest absolute Gasteiger partial charge is 0.474 e. The van der Waals surface area contributed by atoms with E-state index in [1.54, 1.807) is 16.6 Å². The molecule has 3 heterocycles. The van der Waals surface area contributed by atoms with Gasteiger partial charge in [-0.05, 0) is 37.1 Å². The van der Waals surface area contributed by atoms with Crippen molar-refractivity contribution in [2.24, 2.45) is 0 Å². The molecule has 1 atom stereocenters. The van der Waals surface area contributed by atoms with E-state index in [0.29, 0.717) is 43.4 Å². The number of rotatable bonds is 10. The maximum Gasteiger partial charge on any atom is 0.254 e. The number of ether oxygens (including phenoxy) is 1. The minimum Gasteiger partial charge on any atom is -0.474 e. The summed E-state index contributed by atoms with van der Waals surface area (Å²) < 4.78 is 7.29. The average Bonchev–Trinajstić information content (AvgIpc) is 3.45. The summed E-state index contributed by atoms with van der Waals surface area (Å²) >= 11 is 0. The molecule has 0 bridgehead atoms. The van der Waals surface area contributed by atoms with Crippen molar-refractivity contribution in [1.29, 1.82) is 0 Å². The van der Waals surface area contributed by atoms with E-state index >= 15 is 0 Å². The fourth-order valence-corrected chi connectivity index (χ4v) is 4.57. The number of fused-ring (bicyclic) bond motifs is 2. The third-order valence-electron chi connectivity index (χ3n) is 6.39. The Morgan fingerprint density at radius 2 is 1.81 bits per heavy atom. The highest BCUT2D eigenvalue weighted by molar-refractivity contribution is 5.98. The first-order valence-electron chi connectivity index (χ1n) is 12.5. The number of hydrogen-bond donors (Lipinski definition) is 1. The standard InChI is InChI=1S/C28H30N6O3/c1-19(2)37-27-15-13-25-31-30-24(34(25)32-27)12-14-26(35)29-16-22(20-8-4-3-5-9-20)18-33-17-21-10-6-7-11-23(21)28(33)36/h3-11,13,15,19,22H,12,14,16-18H2,1-2H3,(H,29,35). The van der Waals surface area contributed by atoms with Gasteiger partial charge in [0.15, 0.2) is 11.5 Å². The Bertz CT molecular complexity index is 1400. The molecule has 2 amide bonds.